The quantitative estimate of drug-likeness (QED) is 0.730. The summed E-state index contributed by atoms with van der Waals surface area (Å²) in [6.45, 7) is 1.91. The minimum absolute atomic E-state index is 0.0775. The topological polar surface area (TPSA) is 17.1 Å². The predicted octanol–water partition coefficient (Wildman–Crippen LogP) is 4.59. The van der Waals surface area contributed by atoms with Crippen LogP contribution in [0.25, 0.3) is 0 Å². The SMILES string of the molecule is Cc1sccc1C(=O)c1cccc(Cl)c1Cl. The van der Waals surface area contributed by atoms with E-state index in [4.69, 9.17) is 23.2 Å². The summed E-state index contributed by atoms with van der Waals surface area (Å²) in [5.74, 6) is -0.0775. The minimum atomic E-state index is -0.0775. The molecule has 1 aromatic carbocycles. The minimum Gasteiger partial charge on any atom is -0.289 e. The molecule has 82 valence electrons. The second-order valence-corrected chi connectivity index (χ2v) is 5.23. The van der Waals surface area contributed by atoms with Gasteiger partial charge in [0.25, 0.3) is 0 Å². The highest BCUT2D eigenvalue weighted by atomic mass is 35.5. The van der Waals surface area contributed by atoms with Crippen LogP contribution < -0.4 is 0 Å². The highest BCUT2D eigenvalue weighted by molar-refractivity contribution is 7.10. The number of thiophene rings is 1. The van der Waals surface area contributed by atoms with Crippen LogP contribution in [0.3, 0.4) is 0 Å². The molecule has 0 aliphatic carbocycles. The van der Waals surface area contributed by atoms with E-state index in [0.29, 0.717) is 21.2 Å². The molecule has 0 atom stereocenters. The number of halogens is 2. The van der Waals surface area contributed by atoms with Gasteiger partial charge in [-0.25, -0.2) is 0 Å². The highest BCUT2D eigenvalue weighted by Gasteiger charge is 2.16. The number of carbonyl (C=O) groups excluding carboxylic acids is 1. The van der Waals surface area contributed by atoms with Gasteiger partial charge in [-0.2, -0.15) is 0 Å². The lowest BCUT2D eigenvalue weighted by molar-refractivity contribution is 0.103. The van der Waals surface area contributed by atoms with Gasteiger partial charge in [-0.15, -0.1) is 11.3 Å². The van der Waals surface area contributed by atoms with Crippen molar-refractivity contribution in [2.45, 2.75) is 6.92 Å². The van der Waals surface area contributed by atoms with Crippen molar-refractivity contribution in [3.05, 3.63) is 55.7 Å². The molecule has 1 heterocycles. The van der Waals surface area contributed by atoms with Gasteiger partial charge >= 0.3 is 0 Å². The Morgan fingerprint density at radius 2 is 1.94 bits per heavy atom. The van der Waals surface area contributed by atoms with E-state index in [-0.39, 0.29) is 5.78 Å². The number of carbonyl (C=O) groups is 1. The molecular formula is C12H8Cl2OS. The summed E-state index contributed by atoms with van der Waals surface area (Å²) in [6.07, 6.45) is 0. The van der Waals surface area contributed by atoms with Gasteiger partial charge in [0.2, 0.25) is 0 Å². The Balaban J connectivity index is 2.50. The Hall–Kier alpha value is -0.830. The van der Waals surface area contributed by atoms with Gasteiger partial charge in [0.15, 0.2) is 5.78 Å². The van der Waals surface area contributed by atoms with Gasteiger partial charge in [0.1, 0.15) is 0 Å². The number of hydrogen-bond donors (Lipinski definition) is 0. The zero-order chi connectivity index (χ0) is 11.7. The highest BCUT2D eigenvalue weighted by Crippen LogP contribution is 2.28. The molecule has 0 aliphatic rings. The molecule has 1 nitrogen and oxygen atoms in total. The molecule has 0 fully saturated rings. The van der Waals surface area contributed by atoms with Crippen LogP contribution in [-0.2, 0) is 0 Å². The molecule has 2 aromatic rings. The fraction of sp³-hybridized carbons (Fsp3) is 0.0833. The zero-order valence-corrected chi connectivity index (χ0v) is 10.8. The standard InChI is InChI=1S/C12H8Cl2OS/c1-7-8(5-6-16-7)12(15)9-3-2-4-10(13)11(9)14/h2-6H,1H3. The fourth-order valence-corrected chi connectivity index (χ4v) is 2.53. The largest absolute Gasteiger partial charge is 0.289 e. The fourth-order valence-electron chi connectivity index (χ4n) is 1.44. The van der Waals surface area contributed by atoms with E-state index in [2.05, 4.69) is 0 Å². The summed E-state index contributed by atoms with van der Waals surface area (Å²) in [5, 5.41) is 2.61. The monoisotopic (exact) mass is 270 g/mol. The van der Waals surface area contributed by atoms with Gasteiger partial charge in [-0.05, 0) is 30.5 Å². The average Bonchev–Trinajstić information content (AvgIpc) is 2.68. The number of ketones is 1. The maximum Gasteiger partial charge on any atom is 0.195 e. The van der Waals surface area contributed by atoms with Crippen LogP contribution in [0.1, 0.15) is 20.8 Å². The summed E-state index contributed by atoms with van der Waals surface area (Å²) in [6, 6.07) is 6.89. The van der Waals surface area contributed by atoms with Gasteiger partial charge in [-0.3, -0.25) is 4.79 Å². The normalized spacial score (nSPS) is 10.4. The van der Waals surface area contributed by atoms with Crippen molar-refractivity contribution in [1.29, 1.82) is 0 Å². The van der Waals surface area contributed by atoms with E-state index in [1.165, 1.54) is 0 Å². The van der Waals surface area contributed by atoms with Crippen LogP contribution in [0, 0.1) is 6.92 Å². The smallest absolute Gasteiger partial charge is 0.195 e. The van der Waals surface area contributed by atoms with Crippen LogP contribution in [0.15, 0.2) is 29.6 Å². The lowest BCUT2D eigenvalue weighted by atomic mass is 10.0. The molecule has 0 spiro atoms. The molecular weight excluding hydrogens is 263 g/mol. The molecule has 0 bridgehead atoms. The maximum atomic E-state index is 12.2. The van der Waals surface area contributed by atoms with Crippen molar-refractivity contribution in [2.75, 3.05) is 0 Å². The summed E-state index contributed by atoms with van der Waals surface area (Å²) >= 11 is 13.4. The summed E-state index contributed by atoms with van der Waals surface area (Å²) in [4.78, 5) is 13.2. The first kappa shape index (κ1) is 11.6. The van der Waals surface area contributed by atoms with Crippen molar-refractivity contribution >= 4 is 40.3 Å². The molecule has 0 amide bonds. The third-order valence-electron chi connectivity index (χ3n) is 2.30. The first-order valence-electron chi connectivity index (χ1n) is 4.64. The Bertz CT molecular complexity index is 546. The summed E-state index contributed by atoms with van der Waals surface area (Å²) < 4.78 is 0. The molecule has 1 aromatic heterocycles. The Morgan fingerprint density at radius 3 is 2.56 bits per heavy atom. The Labute approximate surface area is 108 Å². The molecule has 0 saturated carbocycles. The van der Waals surface area contributed by atoms with Gasteiger partial charge in [-0.1, -0.05) is 29.3 Å². The van der Waals surface area contributed by atoms with Gasteiger partial charge in [0.05, 0.1) is 10.0 Å². The first-order valence-corrected chi connectivity index (χ1v) is 6.27. The van der Waals surface area contributed by atoms with Crippen molar-refractivity contribution in [2.24, 2.45) is 0 Å². The summed E-state index contributed by atoms with van der Waals surface area (Å²) in [5.41, 5.74) is 1.14. The average molecular weight is 271 g/mol. The van der Waals surface area contributed by atoms with Crippen LogP contribution in [0.4, 0.5) is 0 Å². The number of rotatable bonds is 2. The summed E-state index contributed by atoms with van der Waals surface area (Å²) in [7, 11) is 0. The van der Waals surface area contributed by atoms with Crippen molar-refractivity contribution in [1.82, 2.24) is 0 Å². The van der Waals surface area contributed by atoms with E-state index < -0.39 is 0 Å². The van der Waals surface area contributed by atoms with E-state index in [1.54, 1.807) is 35.6 Å². The number of hydrogen-bond acceptors (Lipinski definition) is 2. The molecule has 0 aliphatic heterocycles. The number of benzene rings is 1. The van der Waals surface area contributed by atoms with E-state index in [0.717, 1.165) is 4.88 Å². The second-order valence-electron chi connectivity index (χ2n) is 3.32. The van der Waals surface area contributed by atoms with Crippen molar-refractivity contribution in [3.8, 4) is 0 Å². The van der Waals surface area contributed by atoms with Crippen LogP contribution in [-0.4, -0.2) is 5.78 Å². The molecule has 0 unspecified atom stereocenters. The van der Waals surface area contributed by atoms with E-state index >= 15 is 0 Å². The third-order valence-corrected chi connectivity index (χ3v) is 3.96. The Kier molecular flexibility index (Phi) is 3.33. The Morgan fingerprint density at radius 1 is 1.19 bits per heavy atom. The van der Waals surface area contributed by atoms with Crippen LogP contribution in [0.2, 0.25) is 10.0 Å². The lowest BCUT2D eigenvalue weighted by Crippen LogP contribution is -2.02. The number of aryl methyl sites for hydroxylation is 1. The van der Waals surface area contributed by atoms with Crippen LogP contribution >= 0.6 is 34.5 Å². The van der Waals surface area contributed by atoms with Crippen LogP contribution in [0.5, 0.6) is 0 Å². The van der Waals surface area contributed by atoms with Crippen molar-refractivity contribution in [3.63, 3.8) is 0 Å². The molecule has 0 N–H and O–H groups in total. The molecule has 0 radical (unpaired) electrons. The maximum absolute atomic E-state index is 12.2. The molecule has 0 saturated heterocycles. The molecule has 4 heteroatoms. The molecule has 2 rings (SSSR count). The predicted molar refractivity (Wildman–Crippen MR) is 69.0 cm³/mol. The van der Waals surface area contributed by atoms with Gasteiger partial charge < -0.3 is 0 Å². The third kappa shape index (κ3) is 2.01. The van der Waals surface area contributed by atoms with E-state index in [1.807, 2.05) is 12.3 Å². The zero-order valence-electron chi connectivity index (χ0n) is 8.46. The second kappa shape index (κ2) is 4.58. The van der Waals surface area contributed by atoms with Crippen molar-refractivity contribution < 1.29 is 4.79 Å². The van der Waals surface area contributed by atoms with Gasteiger partial charge in [0, 0.05) is 16.0 Å². The first-order chi connectivity index (χ1) is 7.61. The lowest BCUT2D eigenvalue weighted by Gasteiger charge is -2.04. The van der Waals surface area contributed by atoms with E-state index in [9.17, 15) is 4.79 Å². The molecule has 16 heavy (non-hydrogen) atoms.